The van der Waals surface area contributed by atoms with Gasteiger partial charge in [-0.1, -0.05) is 12.1 Å². The summed E-state index contributed by atoms with van der Waals surface area (Å²) in [7, 11) is 0. The van der Waals surface area contributed by atoms with Crippen LogP contribution in [0.15, 0.2) is 77.9 Å². The number of para-hydroxylation sites is 1. The van der Waals surface area contributed by atoms with Crippen LogP contribution in [0.25, 0.3) is 28.0 Å². The van der Waals surface area contributed by atoms with Gasteiger partial charge in [0.05, 0.1) is 22.8 Å². The van der Waals surface area contributed by atoms with Crippen LogP contribution < -0.4 is 11.3 Å². The predicted molar refractivity (Wildman–Crippen MR) is 109 cm³/mol. The Labute approximate surface area is 162 Å². The third-order valence-electron chi connectivity index (χ3n) is 3.85. The zero-order valence-electron chi connectivity index (χ0n) is 13.6. The van der Waals surface area contributed by atoms with Gasteiger partial charge in [-0.15, -0.1) is 24.8 Å². The van der Waals surface area contributed by atoms with E-state index in [2.05, 4.69) is 4.98 Å². The first kappa shape index (κ1) is 19.4. The monoisotopic (exact) mass is 386 g/mol. The van der Waals surface area contributed by atoms with Gasteiger partial charge in [0.15, 0.2) is 0 Å². The first-order valence-corrected chi connectivity index (χ1v) is 7.52. The Balaban J connectivity index is 0.00000121. The highest BCUT2D eigenvalue weighted by Gasteiger charge is 2.14. The summed E-state index contributed by atoms with van der Waals surface area (Å²) in [6.45, 7) is 0. The van der Waals surface area contributed by atoms with Crippen molar-refractivity contribution >= 4 is 41.4 Å². The normalized spacial score (nSPS) is 10.0. The largest absolute Gasteiger partial charge is 0.399 e. The molecule has 0 atom stereocenters. The number of nitrogens with zero attached hydrogens (tertiary/aromatic N) is 3. The SMILES string of the molecule is Cl.Cl.Nc1ccc(-c2nc3ccccc3c(=O)n2-c2cccnc2)cc1. The molecular formula is C19H16Cl2N4O. The van der Waals surface area contributed by atoms with Gasteiger partial charge in [-0.25, -0.2) is 4.98 Å². The Morgan fingerprint density at radius 3 is 2.31 bits per heavy atom. The molecule has 26 heavy (non-hydrogen) atoms. The van der Waals surface area contributed by atoms with E-state index in [0.717, 1.165) is 5.56 Å². The standard InChI is InChI=1S/C19H14N4O.2ClH/c20-14-9-7-13(8-10-14)18-22-17-6-2-1-5-16(17)19(24)23(18)15-4-3-11-21-12-15;;/h1-12H,20H2;2*1H. The quantitative estimate of drug-likeness (QED) is 0.530. The Morgan fingerprint density at radius 1 is 0.885 bits per heavy atom. The van der Waals surface area contributed by atoms with Gasteiger partial charge >= 0.3 is 0 Å². The molecule has 0 bridgehead atoms. The summed E-state index contributed by atoms with van der Waals surface area (Å²) >= 11 is 0. The van der Waals surface area contributed by atoms with E-state index in [1.54, 1.807) is 41.2 Å². The number of pyridine rings is 1. The van der Waals surface area contributed by atoms with Crippen LogP contribution >= 0.6 is 24.8 Å². The third kappa shape index (κ3) is 3.40. The molecule has 132 valence electrons. The summed E-state index contributed by atoms with van der Waals surface area (Å²) in [5.41, 5.74) is 8.46. The fourth-order valence-corrected chi connectivity index (χ4v) is 2.68. The number of fused-ring (bicyclic) bond motifs is 1. The third-order valence-corrected chi connectivity index (χ3v) is 3.85. The number of benzene rings is 2. The molecule has 0 radical (unpaired) electrons. The molecule has 0 fully saturated rings. The highest BCUT2D eigenvalue weighted by molar-refractivity contribution is 5.85. The van der Waals surface area contributed by atoms with E-state index in [1.807, 2.05) is 36.4 Å². The van der Waals surface area contributed by atoms with Crippen molar-refractivity contribution in [2.45, 2.75) is 0 Å². The van der Waals surface area contributed by atoms with E-state index in [-0.39, 0.29) is 30.4 Å². The number of nitrogen functional groups attached to an aromatic ring is 1. The van der Waals surface area contributed by atoms with Crippen molar-refractivity contribution in [3.05, 3.63) is 83.4 Å². The lowest BCUT2D eigenvalue weighted by Gasteiger charge is -2.13. The smallest absolute Gasteiger partial charge is 0.266 e. The summed E-state index contributed by atoms with van der Waals surface area (Å²) in [5.74, 6) is 0.562. The summed E-state index contributed by atoms with van der Waals surface area (Å²) in [6, 6.07) is 18.3. The molecule has 2 aromatic carbocycles. The van der Waals surface area contributed by atoms with Crippen molar-refractivity contribution in [3.63, 3.8) is 0 Å². The number of aromatic nitrogens is 3. The van der Waals surface area contributed by atoms with Crippen molar-refractivity contribution in [2.24, 2.45) is 0 Å². The lowest BCUT2D eigenvalue weighted by atomic mass is 10.1. The van der Waals surface area contributed by atoms with Crippen LogP contribution in [-0.2, 0) is 0 Å². The summed E-state index contributed by atoms with van der Waals surface area (Å²) < 4.78 is 1.58. The molecule has 0 saturated heterocycles. The van der Waals surface area contributed by atoms with Gasteiger partial charge in [0.1, 0.15) is 5.82 Å². The Morgan fingerprint density at radius 2 is 1.62 bits per heavy atom. The topological polar surface area (TPSA) is 73.8 Å². The molecule has 0 saturated carbocycles. The van der Waals surface area contributed by atoms with Gasteiger partial charge < -0.3 is 5.73 Å². The maximum Gasteiger partial charge on any atom is 0.266 e. The molecule has 0 aliphatic rings. The molecule has 4 rings (SSSR count). The zero-order chi connectivity index (χ0) is 16.5. The minimum atomic E-state index is -0.125. The van der Waals surface area contributed by atoms with Crippen LogP contribution in [-0.4, -0.2) is 14.5 Å². The molecule has 0 unspecified atom stereocenters. The van der Waals surface area contributed by atoms with Crippen molar-refractivity contribution < 1.29 is 0 Å². The highest BCUT2D eigenvalue weighted by Crippen LogP contribution is 2.22. The molecular weight excluding hydrogens is 371 g/mol. The van der Waals surface area contributed by atoms with Crippen LogP contribution in [0.1, 0.15) is 0 Å². The van der Waals surface area contributed by atoms with Gasteiger partial charge in [-0.05, 0) is 48.5 Å². The van der Waals surface area contributed by atoms with Crippen molar-refractivity contribution in [1.82, 2.24) is 14.5 Å². The van der Waals surface area contributed by atoms with Gasteiger partial charge in [0.25, 0.3) is 5.56 Å². The number of hydrogen-bond acceptors (Lipinski definition) is 4. The van der Waals surface area contributed by atoms with E-state index in [4.69, 9.17) is 10.7 Å². The molecule has 0 aliphatic carbocycles. The van der Waals surface area contributed by atoms with Crippen LogP contribution in [0.3, 0.4) is 0 Å². The summed E-state index contributed by atoms with van der Waals surface area (Å²) in [4.78, 5) is 21.9. The van der Waals surface area contributed by atoms with E-state index in [9.17, 15) is 4.79 Å². The van der Waals surface area contributed by atoms with Crippen molar-refractivity contribution in [3.8, 4) is 17.1 Å². The lowest BCUT2D eigenvalue weighted by molar-refractivity contribution is 0.966. The molecule has 0 amide bonds. The van der Waals surface area contributed by atoms with Gasteiger partial charge in [-0.2, -0.15) is 0 Å². The second-order valence-electron chi connectivity index (χ2n) is 5.43. The fraction of sp³-hybridized carbons (Fsp3) is 0. The van der Waals surface area contributed by atoms with Crippen molar-refractivity contribution in [1.29, 1.82) is 0 Å². The Kier molecular flexibility index (Phi) is 5.97. The summed E-state index contributed by atoms with van der Waals surface area (Å²) in [6.07, 6.45) is 3.32. The number of halogens is 2. The fourth-order valence-electron chi connectivity index (χ4n) is 2.68. The van der Waals surface area contributed by atoms with E-state index >= 15 is 0 Å². The van der Waals surface area contributed by atoms with Crippen LogP contribution in [0.4, 0.5) is 5.69 Å². The van der Waals surface area contributed by atoms with Crippen LogP contribution in [0.2, 0.25) is 0 Å². The Bertz CT molecular complexity index is 1080. The van der Waals surface area contributed by atoms with Crippen molar-refractivity contribution in [2.75, 3.05) is 5.73 Å². The number of hydrogen-bond donors (Lipinski definition) is 1. The van der Waals surface area contributed by atoms with E-state index in [0.29, 0.717) is 28.1 Å². The van der Waals surface area contributed by atoms with Crippen LogP contribution in [0, 0.1) is 0 Å². The number of nitrogens with two attached hydrogens (primary N) is 1. The Hall–Kier alpha value is -2.89. The molecule has 0 aliphatic heterocycles. The molecule has 0 spiro atoms. The maximum atomic E-state index is 13.1. The molecule has 2 heterocycles. The van der Waals surface area contributed by atoms with E-state index < -0.39 is 0 Å². The highest BCUT2D eigenvalue weighted by atomic mass is 35.5. The average molecular weight is 387 g/mol. The minimum Gasteiger partial charge on any atom is -0.399 e. The molecule has 2 N–H and O–H groups in total. The van der Waals surface area contributed by atoms with Gasteiger partial charge in [0, 0.05) is 17.4 Å². The van der Waals surface area contributed by atoms with Gasteiger partial charge in [0.2, 0.25) is 0 Å². The number of anilines is 1. The van der Waals surface area contributed by atoms with Crippen LogP contribution in [0.5, 0.6) is 0 Å². The van der Waals surface area contributed by atoms with E-state index in [1.165, 1.54) is 0 Å². The predicted octanol–water partition coefficient (Wildman–Crippen LogP) is 3.87. The molecule has 4 aromatic rings. The maximum absolute atomic E-state index is 13.1. The molecule has 5 nitrogen and oxygen atoms in total. The van der Waals surface area contributed by atoms with Gasteiger partial charge in [-0.3, -0.25) is 14.3 Å². The lowest BCUT2D eigenvalue weighted by Crippen LogP contribution is -2.22. The minimum absolute atomic E-state index is 0. The molecule has 2 aromatic heterocycles. The second kappa shape index (κ2) is 7.99. The first-order chi connectivity index (χ1) is 11.7. The zero-order valence-corrected chi connectivity index (χ0v) is 15.2. The number of rotatable bonds is 2. The first-order valence-electron chi connectivity index (χ1n) is 7.52. The average Bonchev–Trinajstić information content (AvgIpc) is 2.63. The second-order valence-corrected chi connectivity index (χ2v) is 5.43. The summed E-state index contributed by atoms with van der Waals surface area (Å²) in [5, 5.41) is 0.570. The molecule has 7 heteroatoms.